The second-order valence-corrected chi connectivity index (χ2v) is 5.02. The Hall–Kier alpha value is -2.07. The molecule has 0 aromatic heterocycles. The van der Waals surface area contributed by atoms with Crippen LogP contribution in [0.25, 0.3) is 0 Å². The molecule has 0 radical (unpaired) electrons. The molecule has 110 valence electrons. The molecule has 0 fully saturated rings. The first-order chi connectivity index (χ1) is 10.1. The molecule has 1 amide bonds. The highest BCUT2D eigenvalue weighted by Gasteiger charge is 2.15. The van der Waals surface area contributed by atoms with Crippen LogP contribution in [0, 0.1) is 5.82 Å². The zero-order valence-electron chi connectivity index (χ0n) is 11.6. The summed E-state index contributed by atoms with van der Waals surface area (Å²) in [7, 11) is 1.93. The number of hydrogen-bond donors (Lipinski definition) is 1. The predicted molar refractivity (Wildman–Crippen MR) is 83.5 cm³/mol. The van der Waals surface area contributed by atoms with Gasteiger partial charge in [-0.3, -0.25) is 4.79 Å². The Morgan fingerprint density at radius 2 is 1.90 bits per heavy atom. The summed E-state index contributed by atoms with van der Waals surface area (Å²) in [4.78, 5) is 14.0. The van der Waals surface area contributed by atoms with Gasteiger partial charge < -0.3 is 10.2 Å². The highest BCUT2D eigenvalue weighted by molar-refractivity contribution is 6.33. The van der Waals surface area contributed by atoms with Crippen molar-refractivity contribution in [3.8, 4) is 0 Å². The van der Waals surface area contributed by atoms with Crippen molar-refractivity contribution in [2.24, 2.45) is 0 Å². The highest BCUT2D eigenvalue weighted by atomic mass is 35.5. The van der Waals surface area contributed by atoms with Crippen molar-refractivity contribution in [1.29, 1.82) is 0 Å². The Labute approximate surface area is 128 Å². The molecule has 21 heavy (non-hydrogen) atoms. The van der Waals surface area contributed by atoms with E-state index in [1.165, 1.54) is 18.2 Å². The lowest BCUT2D eigenvalue weighted by Crippen LogP contribution is -2.33. The monoisotopic (exact) mass is 306 g/mol. The molecular weight excluding hydrogens is 291 g/mol. The van der Waals surface area contributed by atoms with Crippen molar-refractivity contribution in [3.05, 3.63) is 64.9 Å². The number of nitrogens with zero attached hydrogens (tertiary/aromatic N) is 1. The van der Waals surface area contributed by atoms with Crippen LogP contribution in [0.1, 0.15) is 10.4 Å². The molecule has 0 spiro atoms. The third kappa shape index (κ3) is 3.95. The SMILES string of the molecule is CN(CCNC(=O)c1c(F)cccc1Cl)c1ccccc1. The van der Waals surface area contributed by atoms with Crippen molar-refractivity contribution in [1.82, 2.24) is 5.32 Å². The zero-order chi connectivity index (χ0) is 15.2. The average Bonchev–Trinajstić information content (AvgIpc) is 2.48. The Morgan fingerprint density at radius 1 is 1.19 bits per heavy atom. The maximum Gasteiger partial charge on any atom is 0.255 e. The molecule has 0 aliphatic carbocycles. The average molecular weight is 307 g/mol. The molecule has 2 rings (SSSR count). The summed E-state index contributed by atoms with van der Waals surface area (Å²) in [6.45, 7) is 1.01. The fourth-order valence-corrected chi connectivity index (χ4v) is 2.20. The van der Waals surface area contributed by atoms with Crippen molar-refractivity contribution < 1.29 is 9.18 Å². The van der Waals surface area contributed by atoms with E-state index in [-0.39, 0.29) is 10.6 Å². The number of carbonyl (C=O) groups excluding carboxylic acids is 1. The molecular formula is C16H16ClFN2O. The van der Waals surface area contributed by atoms with E-state index in [1.807, 2.05) is 42.3 Å². The summed E-state index contributed by atoms with van der Waals surface area (Å²) in [6, 6.07) is 14.0. The zero-order valence-corrected chi connectivity index (χ0v) is 12.4. The van der Waals surface area contributed by atoms with Gasteiger partial charge in [-0.05, 0) is 24.3 Å². The summed E-state index contributed by atoms with van der Waals surface area (Å²) in [5.41, 5.74) is 0.942. The molecule has 5 heteroatoms. The second-order valence-electron chi connectivity index (χ2n) is 4.61. The van der Waals surface area contributed by atoms with E-state index in [0.717, 1.165) is 5.69 Å². The maximum absolute atomic E-state index is 13.6. The smallest absolute Gasteiger partial charge is 0.255 e. The van der Waals surface area contributed by atoms with E-state index in [4.69, 9.17) is 11.6 Å². The molecule has 0 atom stereocenters. The van der Waals surface area contributed by atoms with Crippen LogP contribution in [0.3, 0.4) is 0 Å². The van der Waals surface area contributed by atoms with Gasteiger partial charge >= 0.3 is 0 Å². The predicted octanol–water partition coefficient (Wildman–Crippen LogP) is 3.35. The van der Waals surface area contributed by atoms with Crippen LogP contribution >= 0.6 is 11.6 Å². The van der Waals surface area contributed by atoms with Crippen LogP contribution in [0.4, 0.5) is 10.1 Å². The minimum absolute atomic E-state index is 0.110. The summed E-state index contributed by atoms with van der Waals surface area (Å²) >= 11 is 5.85. The van der Waals surface area contributed by atoms with Crippen LogP contribution in [0.15, 0.2) is 48.5 Å². The maximum atomic E-state index is 13.6. The molecule has 0 saturated heterocycles. The Morgan fingerprint density at radius 3 is 2.57 bits per heavy atom. The molecule has 2 aromatic rings. The van der Waals surface area contributed by atoms with Crippen LogP contribution in [0.5, 0.6) is 0 Å². The third-order valence-corrected chi connectivity index (χ3v) is 3.43. The van der Waals surface area contributed by atoms with E-state index in [2.05, 4.69) is 5.32 Å². The first-order valence-corrected chi connectivity index (χ1v) is 6.96. The van der Waals surface area contributed by atoms with E-state index in [0.29, 0.717) is 13.1 Å². The van der Waals surface area contributed by atoms with Gasteiger partial charge in [-0.15, -0.1) is 0 Å². The minimum Gasteiger partial charge on any atom is -0.373 e. The van der Waals surface area contributed by atoms with E-state index < -0.39 is 11.7 Å². The van der Waals surface area contributed by atoms with Gasteiger partial charge in [0.1, 0.15) is 5.82 Å². The number of anilines is 1. The summed E-state index contributed by atoms with van der Waals surface area (Å²) in [5, 5.41) is 2.79. The largest absolute Gasteiger partial charge is 0.373 e. The standard InChI is InChI=1S/C16H16ClFN2O/c1-20(12-6-3-2-4-7-12)11-10-19-16(21)15-13(17)8-5-9-14(15)18/h2-9H,10-11H2,1H3,(H,19,21). The third-order valence-electron chi connectivity index (χ3n) is 3.12. The van der Waals surface area contributed by atoms with Gasteiger partial charge in [0.05, 0.1) is 10.6 Å². The quantitative estimate of drug-likeness (QED) is 0.919. The number of hydrogen-bond acceptors (Lipinski definition) is 2. The molecule has 0 aliphatic heterocycles. The molecule has 2 aromatic carbocycles. The van der Waals surface area contributed by atoms with Gasteiger partial charge in [0.2, 0.25) is 0 Å². The fourth-order valence-electron chi connectivity index (χ4n) is 1.95. The van der Waals surface area contributed by atoms with Crippen LogP contribution in [-0.2, 0) is 0 Å². The van der Waals surface area contributed by atoms with Crippen LogP contribution in [-0.4, -0.2) is 26.0 Å². The van der Waals surface area contributed by atoms with Crippen molar-refractivity contribution in [3.63, 3.8) is 0 Å². The Bertz CT molecular complexity index is 599. The number of carbonyl (C=O) groups is 1. The summed E-state index contributed by atoms with van der Waals surface area (Å²) in [5.74, 6) is -1.11. The minimum atomic E-state index is -0.614. The lowest BCUT2D eigenvalue weighted by Gasteiger charge is -2.19. The van der Waals surface area contributed by atoms with E-state index >= 15 is 0 Å². The van der Waals surface area contributed by atoms with Crippen LogP contribution < -0.4 is 10.2 Å². The number of nitrogens with one attached hydrogen (secondary N) is 1. The molecule has 1 N–H and O–H groups in total. The topological polar surface area (TPSA) is 32.3 Å². The van der Waals surface area contributed by atoms with E-state index in [1.54, 1.807) is 0 Å². The number of likely N-dealkylation sites (N-methyl/N-ethyl adjacent to an activating group) is 1. The van der Waals surface area contributed by atoms with Gasteiger partial charge in [0.15, 0.2) is 0 Å². The van der Waals surface area contributed by atoms with Gasteiger partial charge in [-0.2, -0.15) is 0 Å². The number of halogens is 2. The molecule has 3 nitrogen and oxygen atoms in total. The first kappa shape index (κ1) is 15.3. The van der Waals surface area contributed by atoms with Gasteiger partial charge in [-0.1, -0.05) is 35.9 Å². The molecule has 0 saturated carbocycles. The molecule has 0 aliphatic rings. The molecule has 0 bridgehead atoms. The summed E-state index contributed by atoms with van der Waals surface area (Å²) in [6.07, 6.45) is 0. The van der Waals surface area contributed by atoms with Crippen molar-refractivity contribution in [2.75, 3.05) is 25.0 Å². The van der Waals surface area contributed by atoms with Crippen molar-refractivity contribution in [2.45, 2.75) is 0 Å². The number of amides is 1. The second kappa shape index (κ2) is 7.09. The lowest BCUT2D eigenvalue weighted by atomic mass is 10.2. The fraction of sp³-hybridized carbons (Fsp3) is 0.188. The molecule has 0 heterocycles. The van der Waals surface area contributed by atoms with Gasteiger partial charge in [-0.25, -0.2) is 4.39 Å². The highest BCUT2D eigenvalue weighted by Crippen LogP contribution is 2.18. The van der Waals surface area contributed by atoms with E-state index in [9.17, 15) is 9.18 Å². The Kier molecular flexibility index (Phi) is 5.17. The Balaban J connectivity index is 1.90. The summed E-state index contributed by atoms with van der Waals surface area (Å²) < 4.78 is 13.6. The van der Waals surface area contributed by atoms with Gasteiger partial charge in [0, 0.05) is 25.8 Å². The first-order valence-electron chi connectivity index (χ1n) is 6.58. The van der Waals surface area contributed by atoms with Gasteiger partial charge in [0.25, 0.3) is 5.91 Å². The lowest BCUT2D eigenvalue weighted by molar-refractivity contribution is 0.0951. The van der Waals surface area contributed by atoms with Crippen molar-refractivity contribution >= 4 is 23.2 Å². The number of para-hydroxylation sites is 1. The number of benzene rings is 2. The normalized spacial score (nSPS) is 10.2. The van der Waals surface area contributed by atoms with Crippen LogP contribution in [0.2, 0.25) is 5.02 Å². The number of rotatable bonds is 5. The molecule has 0 unspecified atom stereocenters.